The lowest BCUT2D eigenvalue weighted by atomic mass is 10.0. The highest BCUT2D eigenvalue weighted by Crippen LogP contribution is 2.24. The molecule has 1 saturated heterocycles. The maximum absolute atomic E-state index is 10.6. The van der Waals surface area contributed by atoms with Gasteiger partial charge in [0.15, 0.2) is 0 Å². The largest absolute Gasteiger partial charge is 0.488 e. The SMILES string of the molecule is CCc1nc(CN2CC[C@@H](Oc3cccc(C(C)C)c3)[C@H](O)C2)c(C)[nH]1. The molecule has 5 nitrogen and oxygen atoms in total. The number of β-amino-alcohol motifs (C(OH)–C–C–N with tert-alkyl or cyclic N) is 1. The zero-order valence-electron chi connectivity index (χ0n) is 16.3. The van der Waals surface area contributed by atoms with Crippen molar-refractivity contribution in [3.05, 3.63) is 47.0 Å². The van der Waals surface area contributed by atoms with Crippen molar-refractivity contribution in [1.82, 2.24) is 14.9 Å². The maximum atomic E-state index is 10.6. The predicted octanol–water partition coefficient (Wildman–Crippen LogP) is 3.42. The second-order valence-electron chi connectivity index (χ2n) is 7.58. The van der Waals surface area contributed by atoms with Crippen molar-refractivity contribution in [3.63, 3.8) is 0 Å². The van der Waals surface area contributed by atoms with Gasteiger partial charge in [-0.3, -0.25) is 4.90 Å². The number of imidazole rings is 1. The fraction of sp³-hybridized carbons (Fsp3) is 0.571. The number of aromatic nitrogens is 2. The van der Waals surface area contributed by atoms with Crippen LogP contribution in [0.25, 0.3) is 0 Å². The summed E-state index contributed by atoms with van der Waals surface area (Å²) in [6.45, 7) is 10.8. The first-order valence-corrected chi connectivity index (χ1v) is 9.67. The minimum absolute atomic E-state index is 0.153. The Morgan fingerprint density at radius 2 is 2.19 bits per heavy atom. The van der Waals surface area contributed by atoms with Crippen LogP contribution in [0.15, 0.2) is 24.3 Å². The van der Waals surface area contributed by atoms with E-state index in [0.29, 0.717) is 12.5 Å². The van der Waals surface area contributed by atoms with E-state index < -0.39 is 6.10 Å². The number of ether oxygens (including phenoxy) is 1. The molecule has 0 saturated carbocycles. The summed E-state index contributed by atoms with van der Waals surface area (Å²) < 4.78 is 6.10. The fourth-order valence-electron chi connectivity index (χ4n) is 3.47. The molecule has 2 aromatic rings. The molecule has 0 bridgehead atoms. The summed E-state index contributed by atoms with van der Waals surface area (Å²) in [7, 11) is 0. The van der Waals surface area contributed by atoms with Gasteiger partial charge in [0.25, 0.3) is 0 Å². The number of rotatable bonds is 6. The molecule has 1 fully saturated rings. The number of nitrogens with one attached hydrogen (secondary N) is 1. The summed E-state index contributed by atoms with van der Waals surface area (Å²) in [5.74, 6) is 2.35. The zero-order valence-corrected chi connectivity index (χ0v) is 16.3. The molecular weight excluding hydrogens is 326 g/mol. The smallest absolute Gasteiger partial charge is 0.127 e. The first kappa shape index (κ1) is 18.9. The third-order valence-electron chi connectivity index (χ3n) is 5.16. The van der Waals surface area contributed by atoms with E-state index in [1.165, 1.54) is 5.56 Å². The molecule has 2 atom stereocenters. The third-order valence-corrected chi connectivity index (χ3v) is 5.16. The molecule has 2 heterocycles. The van der Waals surface area contributed by atoms with E-state index in [9.17, 15) is 5.11 Å². The normalized spacial score (nSPS) is 21.3. The van der Waals surface area contributed by atoms with Crippen LogP contribution in [0.4, 0.5) is 0 Å². The number of aliphatic hydroxyl groups is 1. The minimum atomic E-state index is -0.489. The zero-order chi connectivity index (χ0) is 18.7. The molecule has 5 heteroatoms. The fourth-order valence-corrected chi connectivity index (χ4v) is 3.47. The first-order valence-electron chi connectivity index (χ1n) is 9.67. The lowest BCUT2D eigenvalue weighted by molar-refractivity contribution is -0.0278. The monoisotopic (exact) mass is 357 g/mol. The van der Waals surface area contributed by atoms with E-state index in [4.69, 9.17) is 4.74 Å². The molecule has 0 radical (unpaired) electrons. The van der Waals surface area contributed by atoms with Crippen LogP contribution in [0.1, 0.15) is 55.9 Å². The lowest BCUT2D eigenvalue weighted by Crippen LogP contribution is -2.48. The van der Waals surface area contributed by atoms with E-state index in [1.807, 2.05) is 12.1 Å². The Morgan fingerprint density at radius 1 is 1.38 bits per heavy atom. The van der Waals surface area contributed by atoms with E-state index in [1.54, 1.807) is 0 Å². The molecule has 3 rings (SSSR count). The van der Waals surface area contributed by atoms with Gasteiger partial charge in [0, 0.05) is 31.7 Å². The topological polar surface area (TPSA) is 61.4 Å². The summed E-state index contributed by atoms with van der Waals surface area (Å²) >= 11 is 0. The number of hydrogen-bond acceptors (Lipinski definition) is 4. The second kappa shape index (κ2) is 8.23. The molecule has 0 amide bonds. The van der Waals surface area contributed by atoms with Gasteiger partial charge in [0.2, 0.25) is 0 Å². The molecule has 1 aliphatic heterocycles. The predicted molar refractivity (Wildman–Crippen MR) is 104 cm³/mol. The van der Waals surface area contributed by atoms with Crippen molar-refractivity contribution in [2.75, 3.05) is 13.1 Å². The molecule has 0 aliphatic carbocycles. The maximum Gasteiger partial charge on any atom is 0.127 e. The number of aliphatic hydroxyl groups excluding tert-OH is 1. The molecular formula is C21H31N3O2. The van der Waals surface area contributed by atoms with Crippen LogP contribution in [-0.4, -0.2) is 45.3 Å². The van der Waals surface area contributed by atoms with Crippen molar-refractivity contribution in [3.8, 4) is 5.75 Å². The summed E-state index contributed by atoms with van der Waals surface area (Å²) in [5, 5.41) is 10.6. The van der Waals surface area contributed by atoms with Crippen LogP contribution in [-0.2, 0) is 13.0 Å². The average Bonchev–Trinajstić information content (AvgIpc) is 2.97. The summed E-state index contributed by atoms with van der Waals surface area (Å²) in [5.41, 5.74) is 3.47. The Kier molecular flexibility index (Phi) is 5.99. The molecule has 1 aromatic heterocycles. The molecule has 26 heavy (non-hydrogen) atoms. The summed E-state index contributed by atoms with van der Waals surface area (Å²) in [6.07, 6.45) is 1.09. The Labute approximate surface area is 156 Å². The molecule has 1 aliphatic rings. The number of benzene rings is 1. The van der Waals surface area contributed by atoms with Gasteiger partial charge in [0.05, 0.1) is 5.69 Å². The number of aromatic amines is 1. The van der Waals surface area contributed by atoms with Crippen molar-refractivity contribution in [2.45, 2.75) is 65.2 Å². The van der Waals surface area contributed by atoms with Crippen LogP contribution in [0.5, 0.6) is 5.75 Å². The van der Waals surface area contributed by atoms with Gasteiger partial charge in [0.1, 0.15) is 23.8 Å². The van der Waals surface area contributed by atoms with Gasteiger partial charge in [-0.1, -0.05) is 32.9 Å². The van der Waals surface area contributed by atoms with E-state index in [0.717, 1.165) is 48.9 Å². The lowest BCUT2D eigenvalue weighted by Gasteiger charge is -2.35. The van der Waals surface area contributed by atoms with Gasteiger partial charge in [-0.25, -0.2) is 4.98 Å². The van der Waals surface area contributed by atoms with Gasteiger partial charge in [-0.15, -0.1) is 0 Å². The minimum Gasteiger partial charge on any atom is -0.488 e. The van der Waals surface area contributed by atoms with Crippen LogP contribution >= 0.6 is 0 Å². The van der Waals surface area contributed by atoms with E-state index in [2.05, 4.69) is 54.7 Å². The highest BCUT2D eigenvalue weighted by atomic mass is 16.5. The molecule has 2 N–H and O–H groups in total. The first-order chi connectivity index (χ1) is 12.5. The van der Waals surface area contributed by atoms with Crippen LogP contribution in [0, 0.1) is 6.92 Å². The standard InChI is InChI=1S/C21H31N3O2/c1-5-21-22-15(4)18(23-21)12-24-10-9-20(19(25)13-24)26-17-8-6-7-16(11-17)14(2)3/h6-8,11,14,19-20,25H,5,9-10,12-13H2,1-4H3,(H,22,23)/t19-,20-/m1/s1. The number of hydrogen-bond donors (Lipinski definition) is 2. The summed E-state index contributed by atoms with van der Waals surface area (Å²) in [6, 6.07) is 8.21. The second-order valence-corrected chi connectivity index (χ2v) is 7.58. The van der Waals surface area contributed by atoms with Crippen molar-refractivity contribution >= 4 is 0 Å². The molecule has 1 aromatic carbocycles. The number of piperidine rings is 1. The van der Waals surface area contributed by atoms with Crippen LogP contribution in [0.3, 0.4) is 0 Å². The highest BCUT2D eigenvalue weighted by Gasteiger charge is 2.30. The van der Waals surface area contributed by atoms with Crippen molar-refractivity contribution < 1.29 is 9.84 Å². The number of H-pyrrole nitrogens is 1. The van der Waals surface area contributed by atoms with Gasteiger partial charge >= 0.3 is 0 Å². The molecule has 142 valence electrons. The van der Waals surface area contributed by atoms with E-state index >= 15 is 0 Å². The Bertz CT molecular complexity index is 726. The van der Waals surface area contributed by atoms with Crippen molar-refractivity contribution in [1.29, 1.82) is 0 Å². The van der Waals surface area contributed by atoms with Gasteiger partial charge in [-0.2, -0.15) is 0 Å². The summed E-state index contributed by atoms with van der Waals surface area (Å²) in [4.78, 5) is 10.2. The van der Waals surface area contributed by atoms with Crippen LogP contribution in [0.2, 0.25) is 0 Å². The molecule has 0 unspecified atom stereocenters. The Hall–Kier alpha value is -1.85. The Morgan fingerprint density at radius 3 is 2.85 bits per heavy atom. The van der Waals surface area contributed by atoms with Gasteiger partial charge in [-0.05, 0) is 37.0 Å². The quantitative estimate of drug-likeness (QED) is 0.832. The molecule has 0 spiro atoms. The number of nitrogens with zero attached hydrogens (tertiary/aromatic N) is 2. The number of aryl methyl sites for hydroxylation is 2. The number of likely N-dealkylation sites (tertiary alicyclic amines) is 1. The van der Waals surface area contributed by atoms with Crippen molar-refractivity contribution in [2.24, 2.45) is 0 Å². The van der Waals surface area contributed by atoms with Crippen LogP contribution < -0.4 is 4.74 Å². The highest BCUT2D eigenvalue weighted by molar-refractivity contribution is 5.30. The van der Waals surface area contributed by atoms with E-state index in [-0.39, 0.29) is 6.10 Å². The average molecular weight is 357 g/mol. The van der Waals surface area contributed by atoms with Gasteiger partial charge < -0.3 is 14.8 Å². The Balaban J connectivity index is 1.58. The third kappa shape index (κ3) is 4.46.